The highest BCUT2D eigenvalue weighted by Crippen LogP contribution is 2.37. The number of nitrogens with zero attached hydrogens (tertiary/aromatic N) is 2. The number of carbonyl (C=O) groups excluding carboxylic acids is 1. The third kappa shape index (κ3) is 5.44. The van der Waals surface area contributed by atoms with Gasteiger partial charge in [0.25, 0.3) is 0 Å². The number of hydrogen-bond acceptors (Lipinski definition) is 6. The maximum absolute atomic E-state index is 11.9. The molecule has 3 heterocycles. The summed E-state index contributed by atoms with van der Waals surface area (Å²) in [4.78, 5) is 16.7. The summed E-state index contributed by atoms with van der Waals surface area (Å²) in [5.41, 5.74) is 3.31. The summed E-state index contributed by atoms with van der Waals surface area (Å²) in [6.45, 7) is 16.4. The number of rotatable bonds is 8. The number of fused-ring (bicyclic) bond motifs is 1. The van der Waals surface area contributed by atoms with Crippen LogP contribution < -0.4 is 5.46 Å². The molecule has 2 aromatic heterocycles. The molecule has 0 spiro atoms. The van der Waals surface area contributed by atoms with Crippen LogP contribution in [0.4, 0.5) is 0 Å². The Hall–Kier alpha value is -2.46. The van der Waals surface area contributed by atoms with Crippen LogP contribution in [0.5, 0.6) is 0 Å². The van der Waals surface area contributed by atoms with Crippen LogP contribution in [0.2, 0.25) is 25.7 Å². The molecule has 4 rings (SSSR count). The minimum atomic E-state index is -1.18. The van der Waals surface area contributed by atoms with Gasteiger partial charge in [-0.3, -0.25) is 0 Å². The highest BCUT2D eigenvalue weighted by atomic mass is 28.3. The van der Waals surface area contributed by atoms with Crippen molar-refractivity contribution in [3.63, 3.8) is 0 Å². The van der Waals surface area contributed by atoms with Gasteiger partial charge in [0, 0.05) is 43.5 Å². The lowest BCUT2D eigenvalue weighted by Gasteiger charge is -2.32. The zero-order chi connectivity index (χ0) is 26.3. The fourth-order valence-corrected chi connectivity index (χ4v) is 4.83. The number of ether oxygens (including phenoxy) is 2. The van der Waals surface area contributed by atoms with Crippen molar-refractivity contribution in [1.82, 2.24) is 9.55 Å². The second-order valence-corrected chi connectivity index (χ2v) is 17.3. The van der Waals surface area contributed by atoms with Crippen LogP contribution in [0.1, 0.15) is 38.1 Å². The SMILES string of the molecule is COC(=O)c1ccc(-c2cn(COCC[Si](C)(C)C)c3ncc(B4OC(C)(C)C(C)(C)O4)cc23)cc1. The Morgan fingerprint density at radius 1 is 1.08 bits per heavy atom. The molecule has 1 saturated heterocycles. The topological polar surface area (TPSA) is 71.8 Å². The first-order valence-electron chi connectivity index (χ1n) is 12.4. The van der Waals surface area contributed by atoms with Gasteiger partial charge in [-0.05, 0) is 57.5 Å². The van der Waals surface area contributed by atoms with Crippen molar-refractivity contribution in [2.75, 3.05) is 13.7 Å². The first kappa shape index (κ1) is 26.6. The quantitative estimate of drug-likeness (QED) is 0.240. The molecule has 7 nitrogen and oxygen atoms in total. The second kappa shape index (κ2) is 9.78. The molecule has 1 aliphatic rings. The maximum Gasteiger partial charge on any atom is 0.496 e. The van der Waals surface area contributed by atoms with Crippen LogP contribution in [0.3, 0.4) is 0 Å². The Labute approximate surface area is 215 Å². The predicted octanol–water partition coefficient (Wildman–Crippen LogP) is 5.10. The number of pyridine rings is 1. The van der Waals surface area contributed by atoms with Crippen LogP contribution >= 0.6 is 0 Å². The third-order valence-corrected chi connectivity index (χ3v) is 8.81. The van der Waals surface area contributed by atoms with Crippen molar-refractivity contribution in [2.45, 2.75) is 71.3 Å². The summed E-state index contributed by atoms with van der Waals surface area (Å²) in [5, 5.41) is 0.974. The Bertz CT molecular complexity index is 1230. The van der Waals surface area contributed by atoms with Gasteiger partial charge in [-0.15, -0.1) is 0 Å². The highest BCUT2D eigenvalue weighted by molar-refractivity contribution is 6.76. The largest absolute Gasteiger partial charge is 0.496 e. The average Bonchev–Trinajstić information content (AvgIpc) is 3.28. The van der Waals surface area contributed by atoms with Gasteiger partial charge in [0.15, 0.2) is 0 Å². The van der Waals surface area contributed by atoms with Crippen molar-refractivity contribution < 1.29 is 23.6 Å². The second-order valence-electron chi connectivity index (χ2n) is 11.7. The van der Waals surface area contributed by atoms with Crippen LogP contribution in [0, 0.1) is 0 Å². The van der Waals surface area contributed by atoms with Gasteiger partial charge in [-0.1, -0.05) is 31.8 Å². The fourth-order valence-electron chi connectivity index (χ4n) is 4.07. The highest BCUT2D eigenvalue weighted by Gasteiger charge is 2.51. The number of carbonyl (C=O) groups is 1. The number of aromatic nitrogens is 2. The zero-order valence-corrected chi connectivity index (χ0v) is 23.7. The minimum absolute atomic E-state index is 0.357. The molecule has 36 heavy (non-hydrogen) atoms. The lowest BCUT2D eigenvalue weighted by atomic mass is 9.79. The maximum atomic E-state index is 11.9. The van der Waals surface area contributed by atoms with Gasteiger partial charge in [0.05, 0.1) is 23.9 Å². The Morgan fingerprint density at radius 2 is 1.72 bits per heavy atom. The molecule has 1 aromatic carbocycles. The third-order valence-electron chi connectivity index (χ3n) is 7.10. The molecule has 3 aromatic rings. The summed E-state index contributed by atoms with van der Waals surface area (Å²) in [6.07, 6.45) is 3.89. The van der Waals surface area contributed by atoms with Crippen LogP contribution in [-0.2, 0) is 25.5 Å². The van der Waals surface area contributed by atoms with Crippen LogP contribution in [-0.4, -0.2) is 55.6 Å². The molecule has 1 aliphatic heterocycles. The smallest absolute Gasteiger partial charge is 0.465 e. The van der Waals surface area contributed by atoms with E-state index in [4.69, 9.17) is 23.8 Å². The molecular formula is C27H37BN2O5Si. The molecule has 0 aliphatic carbocycles. The van der Waals surface area contributed by atoms with Gasteiger partial charge in [-0.25, -0.2) is 9.78 Å². The van der Waals surface area contributed by atoms with Gasteiger partial charge in [0.2, 0.25) is 0 Å². The van der Waals surface area contributed by atoms with E-state index in [0.717, 1.165) is 40.3 Å². The fraction of sp³-hybridized carbons (Fsp3) is 0.481. The Balaban J connectivity index is 1.70. The normalized spacial score (nSPS) is 17.1. The van der Waals surface area contributed by atoms with E-state index >= 15 is 0 Å². The van der Waals surface area contributed by atoms with E-state index in [1.165, 1.54) is 7.11 Å². The Kier molecular flexibility index (Phi) is 7.22. The number of methoxy groups -OCH3 is 1. The van der Waals surface area contributed by atoms with Crippen molar-refractivity contribution >= 4 is 37.7 Å². The average molecular weight is 509 g/mol. The molecule has 0 radical (unpaired) electrons. The molecule has 0 saturated carbocycles. The molecule has 0 unspecified atom stereocenters. The standard InChI is InChI=1S/C27H37BN2O5Si/c1-26(2)27(3,4)35-28(34-26)21-15-22-23(19-9-11-20(12-10-19)25(31)32-5)17-30(24(22)29-16-21)18-33-13-14-36(6,7)8/h9-12,15-17H,13-14,18H2,1-8H3. The minimum Gasteiger partial charge on any atom is -0.465 e. The molecule has 0 bridgehead atoms. The lowest BCUT2D eigenvalue weighted by molar-refractivity contribution is 0.00578. The predicted molar refractivity (Wildman–Crippen MR) is 146 cm³/mol. The molecule has 0 atom stereocenters. The summed E-state index contributed by atoms with van der Waals surface area (Å²) in [7, 11) is -0.294. The van der Waals surface area contributed by atoms with Crippen molar-refractivity contribution in [2.24, 2.45) is 0 Å². The van der Waals surface area contributed by atoms with Gasteiger partial charge >= 0.3 is 13.1 Å². The summed E-state index contributed by atoms with van der Waals surface area (Å²) < 4.78 is 25.5. The van der Waals surface area contributed by atoms with E-state index in [0.29, 0.717) is 12.3 Å². The van der Waals surface area contributed by atoms with E-state index in [1.54, 1.807) is 12.1 Å². The molecule has 0 amide bonds. The van der Waals surface area contributed by atoms with Crippen molar-refractivity contribution in [3.05, 3.63) is 48.3 Å². The van der Waals surface area contributed by atoms with Gasteiger partial charge < -0.3 is 23.3 Å². The molecule has 9 heteroatoms. The van der Waals surface area contributed by atoms with Crippen molar-refractivity contribution in [1.29, 1.82) is 0 Å². The summed E-state index contributed by atoms with van der Waals surface area (Å²) >= 11 is 0. The Morgan fingerprint density at radius 3 is 2.31 bits per heavy atom. The summed E-state index contributed by atoms with van der Waals surface area (Å²) in [6, 6.07) is 10.6. The molecule has 0 N–H and O–H groups in total. The number of hydrogen-bond donors (Lipinski definition) is 0. The summed E-state index contributed by atoms with van der Waals surface area (Å²) in [5.74, 6) is -0.357. The first-order valence-corrected chi connectivity index (χ1v) is 16.1. The van der Waals surface area contributed by atoms with Gasteiger partial charge in [-0.2, -0.15) is 0 Å². The lowest BCUT2D eigenvalue weighted by Crippen LogP contribution is -2.41. The van der Waals surface area contributed by atoms with E-state index in [9.17, 15) is 4.79 Å². The van der Waals surface area contributed by atoms with E-state index in [-0.39, 0.29) is 5.97 Å². The monoisotopic (exact) mass is 508 g/mol. The number of esters is 1. The van der Waals surface area contributed by atoms with Crippen LogP contribution in [0.25, 0.3) is 22.2 Å². The molecule has 192 valence electrons. The van der Waals surface area contributed by atoms with Crippen LogP contribution in [0.15, 0.2) is 42.7 Å². The zero-order valence-electron chi connectivity index (χ0n) is 22.7. The van der Waals surface area contributed by atoms with Gasteiger partial charge in [0.1, 0.15) is 12.4 Å². The van der Waals surface area contributed by atoms with E-state index < -0.39 is 26.4 Å². The molecule has 1 fully saturated rings. The number of benzene rings is 1. The molecular weight excluding hydrogens is 471 g/mol. The van der Waals surface area contributed by atoms with Crippen molar-refractivity contribution in [3.8, 4) is 11.1 Å². The van der Waals surface area contributed by atoms with E-state index in [1.807, 2.05) is 50.6 Å². The first-order chi connectivity index (χ1) is 16.8. The van der Waals surface area contributed by atoms with E-state index in [2.05, 4.69) is 31.9 Å².